The van der Waals surface area contributed by atoms with Crippen molar-refractivity contribution < 1.29 is 0 Å². The lowest BCUT2D eigenvalue weighted by molar-refractivity contribution is 0.273. The van der Waals surface area contributed by atoms with Gasteiger partial charge in [0.05, 0.1) is 0 Å². The van der Waals surface area contributed by atoms with E-state index in [0.29, 0.717) is 0 Å². The topological polar surface area (TPSA) is 0 Å². The molecule has 3 saturated carbocycles. The first-order valence-electron chi connectivity index (χ1n) is 9.43. The molecule has 3 aliphatic rings. The van der Waals surface area contributed by atoms with Crippen LogP contribution >= 0.6 is 0 Å². The van der Waals surface area contributed by atoms with Gasteiger partial charge in [-0.2, -0.15) is 0 Å². The minimum absolute atomic E-state index is 1.12. The second-order valence-corrected chi connectivity index (χ2v) is 7.82. The zero-order chi connectivity index (χ0) is 12.9. The molecule has 3 rings (SSSR count). The summed E-state index contributed by atoms with van der Waals surface area (Å²) < 4.78 is 0. The zero-order valence-electron chi connectivity index (χ0n) is 12.9. The Morgan fingerprint density at radius 1 is 0.263 bits per heavy atom. The molecule has 110 valence electrons. The number of hydrogen-bond donors (Lipinski definition) is 0. The van der Waals surface area contributed by atoms with Gasteiger partial charge in [0.1, 0.15) is 0 Å². The van der Waals surface area contributed by atoms with Crippen LogP contribution < -0.4 is 0 Å². The fraction of sp³-hybridized carbons (Fsp3) is 1.00. The fourth-order valence-corrected chi connectivity index (χ4v) is 5.54. The molecule has 0 heteroatoms. The molecular formula is C19H34. The molecule has 0 aliphatic heterocycles. The summed E-state index contributed by atoms with van der Waals surface area (Å²) >= 11 is 0. The van der Waals surface area contributed by atoms with Crippen molar-refractivity contribution in [3.63, 3.8) is 0 Å². The molecule has 19 heavy (non-hydrogen) atoms. The predicted octanol–water partition coefficient (Wildman–Crippen LogP) is 6.34. The van der Waals surface area contributed by atoms with Gasteiger partial charge in [0.15, 0.2) is 0 Å². The predicted molar refractivity (Wildman–Crippen MR) is 83.2 cm³/mol. The van der Waals surface area contributed by atoms with Crippen LogP contribution in [0.25, 0.3) is 0 Å². The highest BCUT2D eigenvalue weighted by Crippen LogP contribution is 2.41. The van der Waals surface area contributed by atoms with Crippen LogP contribution in [-0.2, 0) is 0 Å². The summed E-state index contributed by atoms with van der Waals surface area (Å²) in [5.41, 5.74) is 0. The summed E-state index contributed by atoms with van der Waals surface area (Å²) in [4.78, 5) is 0. The smallest absolute Gasteiger partial charge is 0.0386 e. The highest BCUT2D eigenvalue weighted by molar-refractivity contribution is 4.80. The van der Waals surface area contributed by atoms with Crippen molar-refractivity contribution in [1.29, 1.82) is 0 Å². The lowest BCUT2D eigenvalue weighted by Crippen LogP contribution is -2.13. The summed E-state index contributed by atoms with van der Waals surface area (Å²) in [6.07, 6.45) is 23.3. The van der Waals surface area contributed by atoms with Crippen molar-refractivity contribution in [3.05, 3.63) is 0 Å². The molecule has 0 aromatic rings. The SMILES string of the molecule is C1CCC(C2CCCCC(C3CCCC3)CCC2)C1. The van der Waals surface area contributed by atoms with Crippen LogP contribution in [0.5, 0.6) is 0 Å². The Bertz CT molecular complexity index is 219. The normalized spacial score (nSPS) is 36.0. The van der Waals surface area contributed by atoms with Crippen LogP contribution in [0, 0.1) is 23.7 Å². The average molecular weight is 262 g/mol. The van der Waals surface area contributed by atoms with Gasteiger partial charge in [0.25, 0.3) is 0 Å². The molecule has 0 aromatic carbocycles. The Kier molecular flexibility index (Phi) is 5.24. The van der Waals surface area contributed by atoms with E-state index in [4.69, 9.17) is 0 Å². The highest BCUT2D eigenvalue weighted by Gasteiger charge is 2.28. The fourth-order valence-electron chi connectivity index (χ4n) is 5.54. The summed E-state index contributed by atoms with van der Waals surface area (Å²) in [6.45, 7) is 0. The van der Waals surface area contributed by atoms with E-state index in [-0.39, 0.29) is 0 Å². The van der Waals surface area contributed by atoms with Crippen molar-refractivity contribution in [1.82, 2.24) is 0 Å². The summed E-state index contributed by atoms with van der Waals surface area (Å²) in [6, 6.07) is 0. The van der Waals surface area contributed by atoms with E-state index in [2.05, 4.69) is 0 Å². The molecular weight excluding hydrogens is 228 g/mol. The summed E-state index contributed by atoms with van der Waals surface area (Å²) in [5.74, 6) is 4.49. The van der Waals surface area contributed by atoms with E-state index in [9.17, 15) is 0 Å². The maximum atomic E-state index is 1.58. The van der Waals surface area contributed by atoms with E-state index in [0.717, 1.165) is 23.7 Å². The summed E-state index contributed by atoms with van der Waals surface area (Å²) in [7, 11) is 0. The van der Waals surface area contributed by atoms with Gasteiger partial charge in [-0.25, -0.2) is 0 Å². The third-order valence-corrected chi connectivity index (χ3v) is 6.68. The van der Waals surface area contributed by atoms with Crippen LogP contribution in [0.3, 0.4) is 0 Å². The first-order valence-corrected chi connectivity index (χ1v) is 9.43. The first-order chi connectivity index (χ1) is 9.43. The second-order valence-electron chi connectivity index (χ2n) is 7.82. The minimum Gasteiger partial charge on any atom is -0.0530 e. The van der Waals surface area contributed by atoms with Crippen molar-refractivity contribution in [3.8, 4) is 0 Å². The van der Waals surface area contributed by atoms with Gasteiger partial charge in [0, 0.05) is 0 Å². The Labute approximate surface area is 120 Å². The van der Waals surface area contributed by atoms with Crippen LogP contribution in [0.2, 0.25) is 0 Å². The molecule has 0 N–H and O–H groups in total. The van der Waals surface area contributed by atoms with Gasteiger partial charge in [-0.3, -0.25) is 0 Å². The monoisotopic (exact) mass is 262 g/mol. The quantitative estimate of drug-likeness (QED) is 0.544. The summed E-state index contributed by atoms with van der Waals surface area (Å²) in [5, 5.41) is 0. The van der Waals surface area contributed by atoms with E-state index < -0.39 is 0 Å². The van der Waals surface area contributed by atoms with E-state index >= 15 is 0 Å². The third-order valence-electron chi connectivity index (χ3n) is 6.68. The first kappa shape index (κ1) is 14.0. The lowest BCUT2D eigenvalue weighted by Gasteiger charge is -2.24. The molecule has 0 radical (unpaired) electrons. The molecule has 3 aliphatic carbocycles. The van der Waals surface area contributed by atoms with Gasteiger partial charge in [-0.1, -0.05) is 96.3 Å². The Morgan fingerprint density at radius 2 is 0.474 bits per heavy atom. The Morgan fingerprint density at radius 3 is 0.737 bits per heavy atom. The van der Waals surface area contributed by atoms with E-state index in [1.807, 2.05) is 0 Å². The highest BCUT2D eigenvalue weighted by atomic mass is 14.3. The van der Waals surface area contributed by atoms with Gasteiger partial charge >= 0.3 is 0 Å². The van der Waals surface area contributed by atoms with Crippen LogP contribution in [-0.4, -0.2) is 0 Å². The largest absolute Gasteiger partial charge is 0.0530 e. The lowest BCUT2D eigenvalue weighted by atomic mass is 9.82. The van der Waals surface area contributed by atoms with Crippen LogP contribution in [0.4, 0.5) is 0 Å². The van der Waals surface area contributed by atoms with Gasteiger partial charge in [-0.05, 0) is 23.7 Å². The molecule has 3 fully saturated rings. The molecule has 2 atom stereocenters. The molecule has 0 heterocycles. The third kappa shape index (κ3) is 3.76. The maximum absolute atomic E-state index is 1.58. The molecule has 0 amide bonds. The minimum atomic E-state index is 1.12. The molecule has 0 nitrogen and oxygen atoms in total. The van der Waals surface area contributed by atoms with E-state index in [1.165, 1.54) is 25.7 Å². The molecule has 0 aromatic heterocycles. The van der Waals surface area contributed by atoms with Crippen LogP contribution in [0.1, 0.15) is 96.3 Å². The average Bonchev–Trinajstić information content (AvgIpc) is 3.13. The Balaban J connectivity index is 1.50. The molecule has 0 spiro atoms. The standard InChI is InChI=1S/C19H34/c1-2-9-16(8-1)18-12-5-6-13-19(15-7-14-18)17-10-3-4-11-17/h16-19H,1-15H2. The molecule has 2 unspecified atom stereocenters. The second kappa shape index (κ2) is 7.14. The van der Waals surface area contributed by atoms with Crippen LogP contribution in [0.15, 0.2) is 0 Å². The van der Waals surface area contributed by atoms with E-state index in [1.54, 1.807) is 70.6 Å². The maximum Gasteiger partial charge on any atom is -0.0386 e. The molecule has 0 bridgehead atoms. The Hall–Kier alpha value is 0. The van der Waals surface area contributed by atoms with Crippen molar-refractivity contribution >= 4 is 0 Å². The van der Waals surface area contributed by atoms with Crippen molar-refractivity contribution in [2.24, 2.45) is 23.7 Å². The van der Waals surface area contributed by atoms with Crippen molar-refractivity contribution in [2.45, 2.75) is 96.3 Å². The van der Waals surface area contributed by atoms with Gasteiger partial charge in [-0.15, -0.1) is 0 Å². The number of rotatable bonds is 2. The molecule has 0 saturated heterocycles. The van der Waals surface area contributed by atoms with Crippen molar-refractivity contribution in [2.75, 3.05) is 0 Å². The van der Waals surface area contributed by atoms with Gasteiger partial charge < -0.3 is 0 Å². The van der Waals surface area contributed by atoms with Gasteiger partial charge in [0.2, 0.25) is 0 Å². The number of hydrogen-bond acceptors (Lipinski definition) is 0. The zero-order valence-corrected chi connectivity index (χ0v) is 12.9.